The van der Waals surface area contributed by atoms with Gasteiger partial charge in [-0.2, -0.15) is 0 Å². The number of hydrogen-bond donors (Lipinski definition) is 4. The van der Waals surface area contributed by atoms with Crippen LogP contribution in [0.1, 0.15) is 47.0 Å². The fourth-order valence-electron chi connectivity index (χ4n) is 4.99. The van der Waals surface area contributed by atoms with E-state index in [9.17, 15) is 19.8 Å². The molecule has 182 valence electrons. The maximum atomic E-state index is 12.6. The molecule has 0 aromatic carbocycles. The molecule has 2 saturated heterocycles. The zero-order valence-electron chi connectivity index (χ0n) is 19.4. The predicted molar refractivity (Wildman–Crippen MR) is 114 cm³/mol. The molecule has 2 amide bonds. The van der Waals surface area contributed by atoms with E-state index in [-0.39, 0.29) is 24.2 Å². The van der Waals surface area contributed by atoms with Gasteiger partial charge in [0, 0.05) is 7.11 Å². The molecule has 1 aliphatic carbocycles. The summed E-state index contributed by atoms with van der Waals surface area (Å²) in [6, 6.07) is -1.30. The van der Waals surface area contributed by atoms with Crippen LogP contribution in [0.3, 0.4) is 0 Å². The first-order valence-electron chi connectivity index (χ1n) is 11.0. The van der Waals surface area contributed by atoms with Crippen molar-refractivity contribution in [1.29, 1.82) is 0 Å². The average Bonchev–Trinajstić information content (AvgIpc) is 3.62. The van der Waals surface area contributed by atoms with Gasteiger partial charge in [0.2, 0.25) is 5.91 Å². The van der Waals surface area contributed by atoms with Crippen LogP contribution in [0.2, 0.25) is 0 Å². The third kappa shape index (κ3) is 4.94. The second-order valence-corrected chi connectivity index (χ2v) is 9.88. The molecule has 0 aromatic rings. The van der Waals surface area contributed by atoms with E-state index >= 15 is 0 Å². The molecule has 3 rings (SSSR count). The minimum absolute atomic E-state index is 0.00256. The Kier molecular flexibility index (Phi) is 6.93. The van der Waals surface area contributed by atoms with Crippen LogP contribution in [-0.4, -0.2) is 83.7 Å². The summed E-state index contributed by atoms with van der Waals surface area (Å²) >= 11 is 0. The zero-order valence-corrected chi connectivity index (χ0v) is 19.4. The first-order valence-corrected chi connectivity index (χ1v) is 11.0. The predicted octanol–water partition coefficient (Wildman–Crippen LogP) is 0.386. The summed E-state index contributed by atoms with van der Waals surface area (Å²) in [5.74, 6) is -1.03. The van der Waals surface area contributed by atoms with Crippen LogP contribution in [0.5, 0.6) is 0 Å². The van der Waals surface area contributed by atoms with Gasteiger partial charge in [0.25, 0.3) is 0 Å². The minimum Gasteiger partial charge on any atom is -0.443 e. The average molecular weight is 457 g/mol. The maximum absolute atomic E-state index is 12.6. The number of nitrogens with two attached hydrogens (primary N) is 1. The van der Waals surface area contributed by atoms with Gasteiger partial charge < -0.3 is 40.2 Å². The van der Waals surface area contributed by atoms with Crippen molar-refractivity contribution in [2.75, 3.05) is 20.3 Å². The van der Waals surface area contributed by atoms with Crippen molar-refractivity contribution in [3.05, 3.63) is 11.6 Å². The molecule has 1 unspecified atom stereocenters. The SMILES string of the molecule is CO[C@H]1C([C@@]2(C)O[C@@H]2C/C=C(\C)CO)[C@]2(CC[C@H]1OC(=O)N[C@@H](C(N)=O)C(C)(C)O)CO2. The van der Waals surface area contributed by atoms with E-state index in [0.29, 0.717) is 25.9 Å². The van der Waals surface area contributed by atoms with Gasteiger partial charge in [0.1, 0.15) is 29.5 Å². The third-order valence-electron chi connectivity index (χ3n) is 6.94. The summed E-state index contributed by atoms with van der Waals surface area (Å²) in [6.07, 6.45) is 1.83. The standard InChI is InChI=1S/C22H36N2O8/c1-12(10-25)6-7-14-21(4,32-14)16-15(29-5)13(8-9-22(16)11-30-22)31-19(27)24-17(18(23)26)20(2,3)28/h6,13-17,25,28H,7-11H2,1-5H3,(H2,23,26)(H,24,27)/b12-6+/t13-,14-,15-,16?,17+,21+,22+/m1/s1. The molecular weight excluding hydrogens is 420 g/mol. The lowest BCUT2D eigenvalue weighted by molar-refractivity contribution is -0.127. The third-order valence-corrected chi connectivity index (χ3v) is 6.94. The number of methoxy groups -OCH3 is 1. The Morgan fingerprint density at radius 2 is 2.06 bits per heavy atom. The first kappa shape index (κ1) is 24.9. The van der Waals surface area contributed by atoms with Crippen LogP contribution in [0.25, 0.3) is 0 Å². The smallest absolute Gasteiger partial charge is 0.408 e. The monoisotopic (exact) mass is 456 g/mol. The van der Waals surface area contributed by atoms with Gasteiger partial charge in [0.15, 0.2) is 0 Å². The highest BCUT2D eigenvalue weighted by Crippen LogP contribution is 2.59. The van der Waals surface area contributed by atoms with E-state index in [4.69, 9.17) is 24.7 Å². The number of epoxide rings is 2. The molecule has 3 fully saturated rings. The highest BCUT2D eigenvalue weighted by Gasteiger charge is 2.72. The Bertz CT molecular complexity index is 760. The molecule has 2 heterocycles. The molecule has 1 spiro atoms. The van der Waals surface area contributed by atoms with Crippen molar-refractivity contribution in [1.82, 2.24) is 5.32 Å². The molecule has 0 bridgehead atoms. The number of ether oxygens (including phenoxy) is 4. The molecule has 10 nitrogen and oxygen atoms in total. The number of aliphatic hydroxyl groups excluding tert-OH is 1. The van der Waals surface area contributed by atoms with Crippen LogP contribution in [-0.2, 0) is 23.7 Å². The lowest BCUT2D eigenvalue weighted by atomic mass is 9.68. The summed E-state index contributed by atoms with van der Waals surface area (Å²) in [5, 5.41) is 21.7. The molecular formula is C22H36N2O8. The van der Waals surface area contributed by atoms with E-state index in [1.807, 2.05) is 19.9 Å². The number of carbonyl (C=O) groups excluding carboxylic acids is 2. The summed E-state index contributed by atoms with van der Waals surface area (Å²) in [5.41, 5.74) is 3.75. The lowest BCUT2D eigenvalue weighted by Gasteiger charge is -2.42. The summed E-state index contributed by atoms with van der Waals surface area (Å²) in [4.78, 5) is 24.2. The molecule has 0 aromatic heterocycles. The molecule has 7 atom stereocenters. The summed E-state index contributed by atoms with van der Waals surface area (Å²) in [7, 11) is 1.56. The van der Waals surface area contributed by atoms with Crippen LogP contribution in [0.4, 0.5) is 4.79 Å². The van der Waals surface area contributed by atoms with Crippen molar-refractivity contribution in [3.8, 4) is 0 Å². The van der Waals surface area contributed by atoms with Gasteiger partial charge in [-0.15, -0.1) is 0 Å². The second-order valence-electron chi connectivity index (χ2n) is 9.88. The number of rotatable bonds is 9. The van der Waals surface area contributed by atoms with Crippen LogP contribution in [0.15, 0.2) is 11.6 Å². The largest absolute Gasteiger partial charge is 0.443 e. The highest BCUT2D eigenvalue weighted by atomic mass is 16.6. The highest BCUT2D eigenvalue weighted by molar-refractivity contribution is 5.85. The second kappa shape index (κ2) is 8.90. The van der Waals surface area contributed by atoms with E-state index in [0.717, 1.165) is 5.57 Å². The molecule has 32 heavy (non-hydrogen) atoms. The van der Waals surface area contributed by atoms with Crippen molar-refractivity contribution in [2.24, 2.45) is 11.7 Å². The van der Waals surface area contributed by atoms with Crippen molar-refractivity contribution < 1.29 is 38.7 Å². The van der Waals surface area contributed by atoms with E-state index in [1.165, 1.54) is 13.8 Å². The fourth-order valence-corrected chi connectivity index (χ4v) is 4.99. The number of aliphatic hydroxyl groups is 2. The number of carbonyl (C=O) groups is 2. The number of amides is 2. The number of nitrogens with one attached hydrogen (secondary N) is 1. The van der Waals surface area contributed by atoms with E-state index in [2.05, 4.69) is 5.32 Å². The Morgan fingerprint density at radius 3 is 2.56 bits per heavy atom. The van der Waals surface area contributed by atoms with Gasteiger partial charge in [-0.25, -0.2) is 4.79 Å². The van der Waals surface area contributed by atoms with Gasteiger partial charge in [-0.3, -0.25) is 4.79 Å². The molecule has 2 aliphatic heterocycles. The van der Waals surface area contributed by atoms with Gasteiger partial charge in [-0.05, 0) is 47.0 Å². The Labute approximate surface area is 188 Å². The van der Waals surface area contributed by atoms with Crippen molar-refractivity contribution in [2.45, 2.75) is 88.1 Å². The van der Waals surface area contributed by atoms with E-state index in [1.54, 1.807) is 7.11 Å². The van der Waals surface area contributed by atoms with Crippen LogP contribution >= 0.6 is 0 Å². The zero-order chi connectivity index (χ0) is 23.9. The van der Waals surface area contributed by atoms with Crippen LogP contribution in [0, 0.1) is 5.92 Å². The minimum atomic E-state index is -1.55. The van der Waals surface area contributed by atoms with Crippen molar-refractivity contribution >= 4 is 12.0 Å². The normalized spacial score (nSPS) is 37.7. The summed E-state index contributed by atoms with van der Waals surface area (Å²) < 4.78 is 23.4. The Morgan fingerprint density at radius 1 is 1.41 bits per heavy atom. The molecule has 3 aliphatic rings. The van der Waals surface area contributed by atoms with E-state index < -0.39 is 41.5 Å². The molecule has 10 heteroatoms. The lowest BCUT2D eigenvalue weighted by Crippen LogP contribution is -2.59. The number of primary amides is 1. The molecule has 5 N–H and O–H groups in total. The van der Waals surface area contributed by atoms with Crippen molar-refractivity contribution in [3.63, 3.8) is 0 Å². The first-order chi connectivity index (χ1) is 14.9. The summed E-state index contributed by atoms with van der Waals surface area (Å²) in [6.45, 7) is 7.23. The quantitative estimate of drug-likeness (QED) is 0.287. The van der Waals surface area contributed by atoms with Gasteiger partial charge in [0.05, 0.1) is 30.8 Å². The van der Waals surface area contributed by atoms with Gasteiger partial charge in [-0.1, -0.05) is 11.6 Å². The Balaban J connectivity index is 1.72. The Hall–Kier alpha value is -1.72. The molecule has 1 saturated carbocycles. The topological polar surface area (TPSA) is 156 Å². The number of hydrogen-bond acceptors (Lipinski definition) is 8. The maximum Gasteiger partial charge on any atom is 0.408 e. The molecule has 0 radical (unpaired) electrons. The van der Waals surface area contributed by atoms with Crippen LogP contribution < -0.4 is 11.1 Å². The fraction of sp³-hybridized carbons (Fsp3) is 0.818. The van der Waals surface area contributed by atoms with Gasteiger partial charge >= 0.3 is 6.09 Å². The number of alkyl carbamates (subject to hydrolysis) is 1.